The average molecular weight is 353 g/mol. The molecule has 1 unspecified atom stereocenters. The first-order chi connectivity index (χ1) is 12.1. The van der Waals surface area contributed by atoms with Gasteiger partial charge < -0.3 is 4.90 Å². The van der Waals surface area contributed by atoms with Crippen molar-refractivity contribution in [2.24, 2.45) is 4.99 Å². The van der Waals surface area contributed by atoms with Gasteiger partial charge in [0.15, 0.2) is 0 Å². The van der Waals surface area contributed by atoms with E-state index in [0.717, 1.165) is 28.9 Å². The van der Waals surface area contributed by atoms with E-state index in [1.54, 1.807) is 4.68 Å². The van der Waals surface area contributed by atoms with Crippen LogP contribution in [0.25, 0.3) is 0 Å². The van der Waals surface area contributed by atoms with Gasteiger partial charge in [-0.2, -0.15) is 0 Å². The van der Waals surface area contributed by atoms with Crippen molar-refractivity contribution in [1.82, 2.24) is 20.2 Å². The fraction of sp³-hybridized carbons (Fsp3) is 0.222. The molecule has 1 atom stereocenters. The second-order valence-electron chi connectivity index (χ2n) is 6.19. The average Bonchev–Trinajstić information content (AvgIpc) is 3.10. The summed E-state index contributed by atoms with van der Waals surface area (Å²) in [5, 5.41) is 12.7. The molecule has 0 bridgehead atoms. The Morgan fingerprint density at radius 2 is 1.76 bits per heavy atom. The highest BCUT2D eigenvalue weighted by Crippen LogP contribution is 2.32. The Kier molecular flexibility index (Phi) is 3.97. The Morgan fingerprint density at radius 3 is 2.44 bits per heavy atom. The Bertz CT molecular complexity index is 911. The Morgan fingerprint density at radius 1 is 1.04 bits per heavy atom. The molecule has 0 radical (unpaired) electrons. The van der Waals surface area contributed by atoms with Crippen molar-refractivity contribution in [2.75, 3.05) is 19.0 Å². The number of aliphatic imine (C=N–C) groups is 1. The molecule has 2 aromatic carbocycles. The molecule has 6 nitrogen and oxygen atoms in total. The third-order valence-corrected chi connectivity index (χ3v) is 4.62. The molecule has 1 aromatic heterocycles. The molecule has 0 saturated carbocycles. The van der Waals surface area contributed by atoms with Crippen LogP contribution >= 0.6 is 11.6 Å². The van der Waals surface area contributed by atoms with Gasteiger partial charge in [0, 0.05) is 31.2 Å². The van der Waals surface area contributed by atoms with Gasteiger partial charge in [0.2, 0.25) is 0 Å². The maximum atomic E-state index is 6.00. The van der Waals surface area contributed by atoms with Crippen molar-refractivity contribution in [2.45, 2.75) is 12.5 Å². The van der Waals surface area contributed by atoms with Gasteiger partial charge in [0.05, 0.1) is 11.8 Å². The molecule has 0 fully saturated rings. The van der Waals surface area contributed by atoms with Crippen LogP contribution in [0.5, 0.6) is 0 Å². The van der Waals surface area contributed by atoms with Crippen molar-refractivity contribution >= 4 is 28.9 Å². The molecule has 4 rings (SSSR count). The molecule has 1 aliphatic heterocycles. The monoisotopic (exact) mass is 352 g/mol. The van der Waals surface area contributed by atoms with Gasteiger partial charge in [-0.15, -0.1) is 0 Å². The highest BCUT2D eigenvalue weighted by atomic mass is 35.5. The molecular formula is C18H17ClN6. The number of tetrazole rings is 1. The van der Waals surface area contributed by atoms with Gasteiger partial charge in [0.25, 0.3) is 5.95 Å². The lowest BCUT2D eigenvalue weighted by molar-refractivity contribution is 0.515. The van der Waals surface area contributed by atoms with E-state index >= 15 is 0 Å². The third kappa shape index (κ3) is 3.00. The lowest BCUT2D eigenvalue weighted by Crippen LogP contribution is -2.21. The molecule has 0 spiro atoms. The van der Waals surface area contributed by atoms with E-state index in [2.05, 4.69) is 49.7 Å². The first-order valence-electron chi connectivity index (χ1n) is 8.00. The number of hydrogen-bond acceptors (Lipinski definition) is 5. The molecule has 0 saturated heterocycles. The highest BCUT2D eigenvalue weighted by molar-refractivity contribution is 6.30. The minimum atomic E-state index is 0.0180. The fourth-order valence-corrected chi connectivity index (χ4v) is 3.10. The van der Waals surface area contributed by atoms with Gasteiger partial charge in [-0.3, -0.25) is 0 Å². The van der Waals surface area contributed by atoms with Crippen molar-refractivity contribution in [3.8, 4) is 0 Å². The van der Waals surface area contributed by atoms with Crippen LogP contribution < -0.4 is 4.90 Å². The molecule has 126 valence electrons. The zero-order valence-corrected chi connectivity index (χ0v) is 14.7. The van der Waals surface area contributed by atoms with Crippen molar-refractivity contribution in [1.29, 1.82) is 0 Å². The molecule has 2 heterocycles. The number of fused-ring (bicyclic) bond motifs is 1. The summed E-state index contributed by atoms with van der Waals surface area (Å²) < 4.78 is 1.78. The summed E-state index contributed by atoms with van der Waals surface area (Å²) in [6.45, 7) is 0. The Labute approximate surface area is 150 Å². The summed E-state index contributed by atoms with van der Waals surface area (Å²) in [5.74, 6) is 0.526. The predicted molar refractivity (Wildman–Crippen MR) is 99.0 cm³/mol. The summed E-state index contributed by atoms with van der Waals surface area (Å²) in [5.41, 5.74) is 4.30. The lowest BCUT2D eigenvalue weighted by Gasteiger charge is -2.23. The normalized spacial score (nSPS) is 16.3. The second kappa shape index (κ2) is 6.29. The van der Waals surface area contributed by atoms with Crippen LogP contribution in [0.15, 0.2) is 53.5 Å². The molecule has 25 heavy (non-hydrogen) atoms. The van der Waals surface area contributed by atoms with Crippen LogP contribution in [-0.2, 0) is 0 Å². The highest BCUT2D eigenvalue weighted by Gasteiger charge is 2.26. The predicted octanol–water partition coefficient (Wildman–Crippen LogP) is 3.51. The zero-order chi connectivity index (χ0) is 17.4. The summed E-state index contributed by atoms with van der Waals surface area (Å²) in [4.78, 5) is 6.70. The Hall–Kier alpha value is -2.73. The van der Waals surface area contributed by atoms with E-state index in [9.17, 15) is 0 Å². The second-order valence-corrected chi connectivity index (χ2v) is 6.63. The number of halogens is 1. The maximum absolute atomic E-state index is 6.00. The van der Waals surface area contributed by atoms with Crippen molar-refractivity contribution in [3.05, 3.63) is 64.7 Å². The van der Waals surface area contributed by atoms with Crippen LogP contribution in [0.4, 0.5) is 11.6 Å². The molecule has 0 N–H and O–H groups in total. The van der Waals surface area contributed by atoms with E-state index in [-0.39, 0.29) is 6.04 Å². The standard InChI is InChI=1S/C18H17ClN6/c1-24(2)15-9-5-13(6-10-15)17-11-16(12-3-7-14(19)8-4-12)20-18-21-22-23-25(17)18/h3-10,17H,11H2,1-2H3. The molecule has 0 amide bonds. The number of rotatable bonds is 3. The minimum Gasteiger partial charge on any atom is -0.378 e. The molecular weight excluding hydrogens is 336 g/mol. The third-order valence-electron chi connectivity index (χ3n) is 4.36. The van der Waals surface area contributed by atoms with Gasteiger partial charge in [0.1, 0.15) is 0 Å². The quantitative estimate of drug-likeness (QED) is 0.723. The largest absolute Gasteiger partial charge is 0.378 e. The number of nitrogens with zero attached hydrogens (tertiary/aromatic N) is 6. The molecule has 7 heteroatoms. The number of benzene rings is 2. The minimum absolute atomic E-state index is 0.0180. The topological polar surface area (TPSA) is 59.2 Å². The van der Waals surface area contributed by atoms with Gasteiger partial charge in [-0.25, -0.2) is 9.67 Å². The van der Waals surface area contributed by atoms with Gasteiger partial charge in [-0.05, 0) is 45.8 Å². The zero-order valence-electron chi connectivity index (χ0n) is 14.0. The first-order valence-corrected chi connectivity index (χ1v) is 8.38. The summed E-state index contributed by atoms with van der Waals surface area (Å²) in [6.07, 6.45) is 0.723. The lowest BCUT2D eigenvalue weighted by atomic mass is 9.96. The molecule has 1 aliphatic rings. The first kappa shape index (κ1) is 15.8. The van der Waals surface area contributed by atoms with Crippen LogP contribution in [-0.4, -0.2) is 40.0 Å². The van der Waals surface area contributed by atoms with Crippen LogP contribution in [0.3, 0.4) is 0 Å². The van der Waals surface area contributed by atoms with Crippen molar-refractivity contribution in [3.63, 3.8) is 0 Å². The van der Waals surface area contributed by atoms with Crippen LogP contribution in [0.1, 0.15) is 23.6 Å². The Balaban J connectivity index is 1.72. The smallest absolute Gasteiger partial charge is 0.269 e. The number of hydrogen-bond donors (Lipinski definition) is 0. The van der Waals surface area contributed by atoms with E-state index in [0.29, 0.717) is 11.0 Å². The van der Waals surface area contributed by atoms with Gasteiger partial charge >= 0.3 is 0 Å². The van der Waals surface area contributed by atoms with E-state index in [1.165, 1.54) is 0 Å². The van der Waals surface area contributed by atoms with E-state index in [1.807, 2.05) is 38.4 Å². The van der Waals surface area contributed by atoms with E-state index < -0.39 is 0 Å². The fourth-order valence-electron chi connectivity index (χ4n) is 2.98. The van der Waals surface area contributed by atoms with Crippen molar-refractivity contribution < 1.29 is 0 Å². The van der Waals surface area contributed by atoms with Gasteiger partial charge in [-0.1, -0.05) is 41.0 Å². The maximum Gasteiger partial charge on any atom is 0.269 e. The summed E-state index contributed by atoms with van der Waals surface area (Å²) in [6, 6.07) is 16.2. The van der Waals surface area contributed by atoms with Crippen LogP contribution in [0, 0.1) is 0 Å². The number of aromatic nitrogens is 4. The summed E-state index contributed by atoms with van der Waals surface area (Å²) in [7, 11) is 4.06. The molecule has 3 aromatic rings. The number of anilines is 1. The van der Waals surface area contributed by atoms with Crippen LogP contribution in [0.2, 0.25) is 5.02 Å². The summed E-state index contributed by atoms with van der Waals surface area (Å²) >= 11 is 6.00. The van der Waals surface area contributed by atoms with E-state index in [4.69, 9.17) is 11.6 Å². The SMILES string of the molecule is CN(C)c1ccc(C2CC(c3ccc(Cl)cc3)=Nc3nnnn32)cc1. The molecule has 0 aliphatic carbocycles.